The molecule has 1 aromatic rings. The molecular weight excluding hydrogens is 251 g/mol. The summed E-state index contributed by atoms with van der Waals surface area (Å²) < 4.78 is 13.2. The van der Waals surface area contributed by atoms with E-state index in [9.17, 15) is 4.39 Å². The summed E-state index contributed by atoms with van der Waals surface area (Å²) in [7, 11) is 0. The van der Waals surface area contributed by atoms with Gasteiger partial charge >= 0.3 is 0 Å². The van der Waals surface area contributed by atoms with Gasteiger partial charge in [0.05, 0.1) is 0 Å². The van der Waals surface area contributed by atoms with Crippen LogP contribution in [0.1, 0.15) is 38.3 Å². The van der Waals surface area contributed by atoms with Crippen molar-refractivity contribution in [3.05, 3.63) is 35.1 Å². The molecule has 0 amide bonds. The summed E-state index contributed by atoms with van der Waals surface area (Å²) in [5, 5.41) is 3.59. The van der Waals surface area contributed by atoms with Crippen LogP contribution in [0.5, 0.6) is 0 Å². The Bertz CT molecular complexity index is 447. The van der Waals surface area contributed by atoms with Crippen molar-refractivity contribution in [1.29, 1.82) is 0 Å². The average Bonchev–Trinajstić information content (AvgIpc) is 2.41. The summed E-state index contributed by atoms with van der Waals surface area (Å²) in [6.07, 6.45) is 1.19. The van der Waals surface area contributed by atoms with Crippen LogP contribution in [-0.2, 0) is 6.54 Å². The standard InChI is InChI=1S/C17H27FN2/c1-5-12(2)17-9-19-14(4)10-20(17)11-15-6-7-16(18)8-13(15)3/h6-8,12,14,17,19H,5,9-11H2,1-4H3. The van der Waals surface area contributed by atoms with Gasteiger partial charge in [-0.3, -0.25) is 4.90 Å². The van der Waals surface area contributed by atoms with Gasteiger partial charge in [-0.25, -0.2) is 4.39 Å². The number of halogens is 1. The van der Waals surface area contributed by atoms with Crippen LogP contribution < -0.4 is 5.32 Å². The van der Waals surface area contributed by atoms with E-state index >= 15 is 0 Å². The normalized spacial score (nSPS) is 25.6. The van der Waals surface area contributed by atoms with Gasteiger partial charge in [0.25, 0.3) is 0 Å². The molecule has 1 fully saturated rings. The molecule has 1 aliphatic heterocycles. The lowest BCUT2D eigenvalue weighted by molar-refractivity contribution is 0.0883. The highest BCUT2D eigenvalue weighted by Crippen LogP contribution is 2.22. The van der Waals surface area contributed by atoms with Gasteiger partial charge in [0.1, 0.15) is 5.82 Å². The molecule has 1 N–H and O–H groups in total. The molecule has 0 spiro atoms. The lowest BCUT2D eigenvalue weighted by Gasteiger charge is -2.42. The molecule has 112 valence electrons. The minimum Gasteiger partial charge on any atom is -0.311 e. The van der Waals surface area contributed by atoms with Crippen LogP contribution in [0.25, 0.3) is 0 Å². The molecule has 0 aliphatic carbocycles. The van der Waals surface area contributed by atoms with Crippen LogP contribution in [0, 0.1) is 18.7 Å². The summed E-state index contributed by atoms with van der Waals surface area (Å²) in [6.45, 7) is 11.9. The molecule has 3 heteroatoms. The molecule has 3 atom stereocenters. The number of nitrogens with one attached hydrogen (secondary N) is 1. The third-order valence-electron chi connectivity index (χ3n) is 4.63. The fraction of sp³-hybridized carbons (Fsp3) is 0.647. The van der Waals surface area contributed by atoms with Crippen molar-refractivity contribution in [2.24, 2.45) is 5.92 Å². The fourth-order valence-corrected chi connectivity index (χ4v) is 3.07. The van der Waals surface area contributed by atoms with Crippen molar-refractivity contribution < 1.29 is 4.39 Å². The van der Waals surface area contributed by atoms with E-state index < -0.39 is 0 Å². The van der Waals surface area contributed by atoms with Crippen molar-refractivity contribution in [3.8, 4) is 0 Å². The number of hydrogen-bond donors (Lipinski definition) is 1. The van der Waals surface area contributed by atoms with Gasteiger partial charge < -0.3 is 5.32 Å². The minimum atomic E-state index is -0.140. The SMILES string of the molecule is CCC(C)C1CNC(C)CN1Cc1ccc(F)cc1C. The van der Waals surface area contributed by atoms with Gasteiger partial charge in [0.2, 0.25) is 0 Å². The largest absolute Gasteiger partial charge is 0.311 e. The zero-order valence-corrected chi connectivity index (χ0v) is 13.1. The zero-order valence-electron chi connectivity index (χ0n) is 13.1. The number of rotatable bonds is 4. The van der Waals surface area contributed by atoms with Gasteiger partial charge in [-0.15, -0.1) is 0 Å². The first-order chi connectivity index (χ1) is 9.51. The van der Waals surface area contributed by atoms with Crippen LogP contribution in [0.2, 0.25) is 0 Å². The van der Waals surface area contributed by atoms with E-state index in [0.29, 0.717) is 18.0 Å². The average molecular weight is 278 g/mol. The summed E-state index contributed by atoms with van der Waals surface area (Å²) in [6, 6.07) is 6.24. The van der Waals surface area contributed by atoms with Gasteiger partial charge in [0, 0.05) is 31.7 Å². The zero-order chi connectivity index (χ0) is 14.7. The number of piperazine rings is 1. The van der Waals surface area contributed by atoms with Crippen LogP contribution in [0.3, 0.4) is 0 Å². The molecule has 0 saturated carbocycles. The maximum Gasteiger partial charge on any atom is 0.123 e. The molecule has 1 aliphatic rings. The molecule has 0 bridgehead atoms. The quantitative estimate of drug-likeness (QED) is 0.908. The highest BCUT2D eigenvalue weighted by molar-refractivity contribution is 5.26. The van der Waals surface area contributed by atoms with Crippen LogP contribution in [0.15, 0.2) is 18.2 Å². The molecule has 20 heavy (non-hydrogen) atoms. The minimum absolute atomic E-state index is 0.140. The Labute approximate surface area is 122 Å². The molecule has 1 heterocycles. The van der Waals surface area contributed by atoms with E-state index in [1.807, 2.05) is 13.0 Å². The molecular formula is C17H27FN2. The maximum absolute atomic E-state index is 13.2. The molecule has 1 aromatic carbocycles. The Kier molecular flexibility index (Phi) is 5.17. The number of aryl methyl sites for hydroxylation is 1. The van der Waals surface area contributed by atoms with Crippen molar-refractivity contribution in [2.75, 3.05) is 13.1 Å². The van der Waals surface area contributed by atoms with E-state index in [1.54, 1.807) is 12.1 Å². The van der Waals surface area contributed by atoms with E-state index in [1.165, 1.54) is 12.0 Å². The van der Waals surface area contributed by atoms with Gasteiger partial charge in [0.15, 0.2) is 0 Å². The first kappa shape index (κ1) is 15.5. The van der Waals surface area contributed by atoms with E-state index in [2.05, 4.69) is 31.0 Å². The Morgan fingerprint density at radius 1 is 1.45 bits per heavy atom. The third kappa shape index (κ3) is 3.58. The van der Waals surface area contributed by atoms with Crippen molar-refractivity contribution in [2.45, 2.75) is 52.7 Å². The molecule has 2 nitrogen and oxygen atoms in total. The summed E-state index contributed by atoms with van der Waals surface area (Å²) in [5.41, 5.74) is 2.30. The van der Waals surface area contributed by atoms with Crippen LogP contribution >= 0.6 is 0 Å². The smallest absolute Gasteiger partial charge is 0.123 e. The maximum atomic E-state index is 13.2. The predicted octanol–water partition coefficient (Wildman–Crippen LogP) is 3.34. The molecule has 3 unspecified atom stereocenters. The number of hydrogen-bond acceptors (Lipinski definition) is 2. The monoisotopic (exact) mass is 278 g/mol. The van der Waals surface area contributed by atoms with Gasteiger partial charge in [-0.1, -0.05) is 26.3 Å². The number of nitrogens with zero attached hydrogens (tertiary/aromatic N) is 1. The van der Waals surface area contributed by atoms with Crippen LogP contribution in [0.4, 0.5) is 4.39 Å². The summed E-state index contributed by atoms with van der Waals surface area (Å²) in [4.78, 5) is 2.57. The Morgan fingerprint density at radius 3 is 2.85 bits per heavy atom. The first-order valence-corrected chi connectivity index (χ1v) is 7.73. The van der Waals surface area contributed by atoms with E-state index in [0.717, 1.165) is 25.2 Å². The predicted molar refractivity (Wildman–Crippen MR) is 82.3 cm³/mol. The number of benzene rings is 1. The molecule has 0 radical (unpaired) electrons. The van der Waals surface area contributed by atoms with Crippen molar-refractivity contribution in [1.82, 2.24) is 10.2 Å². The molecule has 1 saturated heterocycles. The van der Waals surface area contributed by atoms with Crippen molar-refractivity contribution >= 4 is 0 Å². The highest BCUT2D eigenvalue weighted by atomic mass is 19.1. The topological polar surface area (TPSA) is 15.3 Å². The highest BCUT2D eigenvalue weighted by Gasteiger charge is 2.29. The second-order valence-electron chi connectivity index (χ2n) is 6.26. The molecule has 2 rings (SSSR count). The Hall–Kier alpha value is -0.930. The van der Waals surface area contributed by atoms with E-state index in [4.69, 9.17) is 0 Å². The van der Waals surface area contributed by atoms with Crippen molar-refractivity contribution in [3.63, 3.8) is 0 Å². The van der Waals surface area contributed by atoms with Crippen LogP contribution in [-0.4, -0.2) is 30.1 Å². The molecule has 0 aromatic heterocycles. The second-order valence-corrected chi connectivity index (χ2v) is 6.26. The Balaban J connectivity index is 2.14. The first-order valence-electron chi connectivity index (χ1n) is 7.73. The lowest BCUT2D eigenvalue weighted by Crippen LogP contribution is -2.57. The lowest BCUT2D eigenvalue weighted by atomic mass is 9.94. The fourth-order valence-electron chi connectivity index (χ4n) is 3.07. The second kappa shape index (κ2) is 6.68. The third-order valence-corrected chi connectivity index (χ3v) is 4.63. The van der Waals surface area contributed by atoms with Gasteiger partial charge in [-0.05, 0) is 43.0 Å². The van der Waals surface area contributed by atoms with Gasteiger partial charge in [-0.2, -0.15) is 0 Å². The summed E-state index contributed by atoms with van der Waals surface area (Å²) in [5.74, 6) is 0.536. The Morgan fingerprint density at radius 2 is 2.20 bits per heavy atom. The summed E-state index contributed by atoms with van der Waals surface area (Å²) >= 11 is 0. The van der Waals surface area contributed by atoms with E-state index in [-0.39, 0.29) is 5.82 Å².